The zero-order valence-electron chi connectivity index (χ0n) is 12.9. The van der Waals surface area contributed by atoms with Crippen molar-refractivity contribution in [2.75, 3.05) is 12.4 Å². The number of halogens is 3. The number of hydrogen-bond donors (Lipinski definition) is 2. The van der Waals surface area contributed by atoms with Gasteiger partial charge in [-0.05, 0) is 42.5 Å². The van der Waals surface area contributed by atoms with E-state index in [2.05, 4.69) is 31.3 Å². The molecule has 0 aromatic heterocycles. The summed E-state index contributed by atoms with van der Waals surface area (Å²) in [4.78, 5) is 12.3. The summed E-state index contributed by atoms with van der Waals surface area (Å²) in [6.45, 7) is -2.97. The van der Waals surface area contributed by atoms with Gasteiger partial charge in [0.15, 0.2) is 5.11 Å². The first-order valence-corrected chi connectivity index (χ1v) is 8.10. The van der Waals surface area contributed by atoms with Crippen LogP contribution in [-0.2, 0) is 0 Å². The Hall–Kier alpha value is -2.26. The van der Waals surface area contributed by atoms with Gasteiger partial charge in [-0.15, -0.1) is 0 Å². The number of rotatable bonds is 5. The smallest absolute Gasteiger partial charge is 0.387 e. The molecule has 1 amide bonds. The highest BCUT2D eigenvalue weighted by Gasteiger charge is 2.15. The van der Waals surface area contributed by atoms with Crippen molar-refractivity contribution in [2.24, 2.45) is 0 Å². The predicted octanol–water partition coefficient (Wildman–Crippen LogP) is 4.19. The molecular weight excluding hydrogens is 418 g/mol. The Morgan fingerprint density at radius 1 is 1.20 bits per heavy atom. The molecule has 0 saturated heterocycles. The SMILES string of the molecule is COc1ccc(Br)cc1C(=O)NC(=S)Nc1ccccc1OC(F)F. The second-order valence-electron chi connectivity index (χ2n) is 4.63. The summed E-state index contributed by atoms with van der Waals surface area (Å²) in [5.41, 5.74) is 0.465. The van der Waals surface area contributed by atoms with E-state index in [0.717, 1.165) is 0 Å². The molecule has 0 heterocycles. The van der Waals surface area contributed by atoms with E-state index in [9.17, 15) is 13.6 Å². The normalized spacial score (nSPS) is 10.3. The fourth-order valence-electron chi connectivity index (χ4n) is 1.95. The minimum Gasteiger partial charge on any atom is -0.496 e. The summed E-state index contributed by atoms with van der Waals surface area (Å²) in [7, 11) is 1.44. The second-order valence-corrected chi connectivity index (χ2v) is 5.95. The number of nitrogens with one attached hydrogen (secondary N) is 2. The number of alkyl halides is 2. The number of anilines is 1. The van der Waals surface area contributed by atoms with E-state index in [1.807, 2.05) is 0 Å². The Kier molecular flexibility index (Phi) is 6.65. The lowest BCUT2D eigenvalue weighted by Crippen LogP contribution is -2.34. The lowest BCUT2D eigenvalue weighted by Gasteiger charge is -2.14. The summed E-state index contributed by atoms with van der Waals surface area (Å²) >= 11 is 8.33. The number of ether oxygens (including phenoxy) is 2. The van der Waals surface area contributed by atoms with Crippen LogP contribution in [0.5, 0.6) is 11.5 Å². The maximum Gasteiger partial charge on any atom is 0.387 e. The lowest BCUT2D eigenvalue weighted by molar-refractivity contribution is -0.0493. The predicted molar refractivity (Wildman–Crippen MR) is 97.5 cm³/mol. The fourth-order valence-corrected chi connectivity index (χ4v) is 2.51. The average molecular weight is 431 g/mol. The monoisotopic (exact) mass is 430 g/mol. The molecule has 25 heavy (non-hydrogen) atoms. The van der Waals surface area contributed by atoms with Gasteiger partial charge in [0, 0.05) is 4.47 Å². The van der Waals surface area contributed by atoms with Crippen molar-refractivity contribution in [3.05, 3.63) is 52.5 Å². The molecule has 0 aliphatic rings. The van der Waals surface area contributed by atoms with Crippen LogP contribution < -0.4 is 20.1 Å². The molecule has 2 aromatic carbocycles. The molecule has 0 fully saturated rings. The van der Waals surface area contributed by atoms with Crippen molar-refractivity contribution in [3.8, 4) is 11.5 Å². The summed E-state index contributed by atoms with van der Waals surface area (Å²) in [6, 6.07) is 10.9. The first-order chi connectivity index (χ1) is 11.9. The number of hydrogen-bond acceptors (Lipinski definition) is 4. The molecule has 0 radical (unpaired) electrons. The van der Waals surface area contributed by atoms with Crippen molar-refractivity contribution in [1.29, 1.82) is 0 Å². The van der Waals surface area contributed by atoms with E-state index >= 15 is 0 Å². The Bertz CT molecular complexity index is 790. The molecule has 9 heteroatoms. The number of methoxy groups -OCH3 is 1. The van der Waals surface area contributed by atoms with Crippen LogP contribution in [0.3, 0.4) is 0 Å². The van der Waals surface area contributed by atoms with Gasteiger partial charge >= 0.3 is 6.61 Å². The topological polar surface area (TPSA) is 59.6 Å². The third kappa shape index (κ3) is 5.36. The summed E-state index contributed by atoms with van der Waals surface area (Å²) in [5, 5.41) is 5.05. The number of amides is 1. The summed E-state index contributed by atoms with van der Waals surface area (Å²) in [5.74, 6) is -0.234. The third-order valence-electron chi connectivity index (χ3n) is 2.98. The Morgan fingerprint density at radius 3 is 2.60 bits per heavy atom. The number of benzene rings is 2. The van der Waals surface area contributed by atoms with E-state index in [-0.39, 0.29) is 22.1 Å². The lowest BCUT2D eigenvalue weighted by atomic mass is 10.2. The molecule has 2 aromatic rings. The minimum atomic E-state index is -2.97. The van der Waals surface area contributed by atoms with Crippen molar-refractivity contribution >= 4 is 44.9 Å². The molecule has 0 spiro atoms. The van der Waals surface area contributed by atoms with Crippen molar-refractivity contribution in [3.63, 3.8) is 0 Å². The molecule has 5 nitrogen and oxygen atoms in total. The molecule has 0 aliphatic heterocycles. The number of thiocarbonyl (C=S) groups is 1. The number of carbonyl (C=O) groups is 1. The molecule has 0 saturated carbocycles. The maximum absolute atomic E-state index is 12.4. The maximum atomic E-state index is 12.4. The van der Waals surface area contributed by atoms with Crippen LogP contribution in [0.15, 0.2) is 46.9 Å². The Labute approximate surface area is 156 Å². The number of para-hydroxylation sites is 2. The molecule has 0 unspecified atom stereocenters. The van der Waals surface area contributed by atoms with Gasteiger partial charge in [-0.3, -0.25) is 10.1 Å². The van der Waals surface area contributed by atoms with Gasteiger partial charge in [-0.1, -0.05) is 28.1 Å². The highest BCUT2D eigenvalue weighted by atomic mass is 79.9. The second kappa shape index (κ2) is 8.72. The van der Waals surface area contributed by atoms with Crippen LogP contribution in [0.25, 0.3) is 0 Å². The molecule has 132 valence electrons. The quantitative estimate of drug-likeness (QED) is 0.696. The first-order valence-electron chi connectivity index (χ1n) is 6.90. The van der Waals surface area contributed by atoms with Gasteiger partial charge in [-0.25, -0.2) is 0 Å². The van der Waals surface area contributed by atoms with E-state index in [4.69, 9.17) is 17.0 Å². The van der Waals surface area contributed by atoms with Crippen LogP contribution in [0.4, 0.5) is 14.5 Å². The van der Waals surface area contributed by atoms with Crippen molar-refractivity contribution in [1.82, 2.24) is 5.32 Å². The van der Waals surface area contributed by atoms with E-state index < -0.39 is 12.5 Å². The molecule has 2 N–H and O–H groups in total. The van der Waals surface area contributed by atoms with Crippen LogP contribution in [-0.4, -0.2) is 24.7 Å². The van der Waals surface area contributed by atoms with Gasteiger partial charge in [-0.2, -0.15) is 8.78 Å². The molecule has 2 rings (SSSR count). The van der Waals surface area contributed by atoms with Gasteiger partial charge in [0.25, 0.3) is 5.91 Å². The third-order valence-corrected chi connectivity index (χ3v) is 3.68. The summed E-state index contributed by atoms with van der Waals surface area (Å²) in [6.07, 6.45) is 0. The zero-order chi connectivity index (χ0) is 18.4. The van der Waals surface area contributed by atoms with Crippen LogP contribution in [0.1, 0.15) is 10.4 Å². The van der Waals surface area contributed by atoms with Crippen LogP contribution in [0, 0.1) is 0 Å². The van der Waals surface area contributed by atoms with Gasteiger partial charge in [0.1, 0.15) is 11.5 Å². The zero-order valence-corrected chi connectivity index (χ0v) is 15.3. The van der Waals surface area contributed by atoms with Crippen molar-refractivity contribution in [2.45, 2.75) is 6.61 Å². The average Bonchev–Trinajstić information content (AvgIpc) is 2.56. The fraction of sp³-hybridized carbons (Fsp3) is 0.125. The highest BCUT2D eigenvalue weighted by molar-refractivity contribution is 9.10. The molecule has 0 atom stereocenters. The van der Waals surface area contributed by atoms with E-state index in [1.54, 1.807) is 24.3 Å². The molecular formula is C16H13BrF2N2O3S. The Morgan fingerprint density at radius 2 is 1.92 bits per heavy atom. The van der Waals surface area contributed by atoms with E-state index in [1.165, 1.54) is 25.3 Å². The Balaban J connectivity index is 2.11. The van der Waals surface area contributed by atoms with Gasteiger partial charge < -0.3 is 14.8 Å². The summed E-state index contributed by atoms with van der Waals surface area (Å²) < 4.78 is 35.1. The number of carbonyl (C=O) groups excluding carboxylic acids is 1. The minimum absolute atomic E-state index is 0.0719. The van der Waals surface area contributed by atoms with E-state index in [0.29, 0.717) is 10.2 Å². The standard InChI is InChI=1S/C16H13BrF2N2O3S/c1-23-12-7-6-9(17)8-10(12)14(22)21-16(25)20-11-4-2-3-5-13(11)24-15(18)19/h2-8,15H,1H3,(H2,20,21,22,25). The first kappa shape index (κ1) is 19.1. The molecule has 0 aliphatic carbocycles. The van der Waals surface area contributed by atoms with Crippen LogP contribution in [0.2, 0.25) is 0 Å². The van der Waals surface area contributed by atoms with Gasteiger partial charge in [0.05, 0.1) is 18.4 Å². The highest BCUT2D eigenvalue weighted by Crippen LogP contribution is 2.26. The van der Waals surface area contributed by atoms with Crippen molar-refractivity contribution < 1.29 is 23.0 Å². The largest absolute Gasteiger partial charge is 0.496 e. The molecule has 0 bridgehead atoms. The van der Waals surface area contributed by atoms with Gasteiger partial charge in [0.2, 0.25) is 0 Å². The van der Waals surface area contributed by atoms with Crippen LogP contribution >= 0.6 is 28.1 Å².